The number of aliphatic hydroxyl groups excluding tert-OH is 1. The van der Waals surface area contributed by atoms with Crippen LogP contribution < -0.4 is 0 Å². The summed E-state index contributed by atoms with van der Waals surface area (Å²) in [6.07, 6.45) is 0. The van der Waals surface area contributed by atoms with E-state index in [9.17, 15) is 9.90 Å². The van der Waals surface area contributed by atoms with Crippen molar-refractivity contribution < 1.29 is 23.5 Å². The minimum atomic E-state index is -0.480. The van der Waals surface area contributed by atoms with E-state index in [0.717, 1.165) is 11.1 Å². The number of carbonyl (C=O) groups is 1. The van der Waals surface area contributed by atoms with Crippen LogP contribution in [0.1, 0.15) is 15.9 Å². The van der Waals surface area contributed by atoms with Gasteiger partial charge in [0.2, 0.25) is 11.8 Å². The molecular formula is C23H16N2O5. The minimum absolute atomic E-state index is 0.0647. The van der Waals surface area contributed by atoms with E-state index in [-0.39, 0.29) is 6.61 Å². The zero-order valence-electron chi connectivity index (χ0n) is 16.0. The normalized spacial score (nSPS) is 11.3. The maximum Gasteiger partial charge on any atom is 0.340 e. The lowest BCUT2D eigenvalue weighted by atomic mass is 10.1. The fourth-order valence-corrected chi connectivity index (χ4v) is 3.39. The Bertz CT molecular complexity index is 1400. The van der Waals surface area contributed by atoms with Gasteiger partial charge >= 0.3 is 5.97 Å². The van der Waals surface area contributed by atoms with Crippen molar-refractivity contribution in [2.24, 2.45) is 0 Å². The predicted octanol–water partition coefficient (Wildman–Crippen LogP) is 4.58. The highest BCUT2D eigenvalue weighted by Gasteiger charge is 2.20. The summed E-state index contributed by atoms with van der Waals surface area (Å²) in [6.45, 7) is -0.0647. The molecular weight excluding hydrogens is 384 g/mol. The smallest absolute Gasteiger partial charge is 0.340 e. The zero-order chi connectivity index (χ0) is 20.7. The molecule has 0 saturated carbocycles. The first-order valence-corrected chi connectivity index (χ1v) is 9.26. The van der Waals surface area contributed by atoms with E-state index in [1.807, 2.05) is 42.5 Å². The molecule has 0 aliphatic rings. The third kappa shape index (κ3) is 2.92. The summed E-state index contributed by atoms with van der Waals surface area (Å²) in [5.41, 5.74) is 4.57. The molecule has 5 aromatic rings. The van der Waals surface area contributed by atoms with Crippen LogP contribution in [0.15, 0.2) is 69.5 Å². The van der Waals surface area contributed by atoms with Crippen LogP contribution in [0, 0.1) is 0 Å². The van der Waals surface area contributed by atoms with Crippen LogP contribution in [0.5, 0.6) is 0 Å². The highest BCUT2D eigenvalue weighted by Crippen LogP contribution is 2.34. The van der Waals surface area contributed by atoms with Crippen molar-refractivity contribution in [1.29, 1.82) is 0 Å². The van der Waals surface area contributed by atoms with Crippen LogP contribution in [0.3, 0.4) is 0 Å². The number of rotatable bonds is 4. The van der Waals surface area contributed by atoms with Crippen molar-refractivity contribution in [3.63, 3.8) is 0 Å². The molecule has 2 heterocycles. The Labute approximate surface area is 170 Å². The van der Waals surface area contributed by atoms with Gasteiger partial charge in [0, 0.05) is 5.56 Å². The molecule has 0 amide bonds. The lowest BCUT2D eigenvalue weighted by molar-refractivity contribution is 0.0602. The standard InChI is InChI=1S/C23H16N2O5/c1-28-23(27)16-8-4-10-18-20(16)25-22(30-18)15-7-3-9-17-19(15)24-21(29-17)14-6-2-5-13(11-14)12-26/h2-11,26H,12H2,1H3. The highest BCUT2D eigenvalue weighted by molar-refractivity contribution is 6.02. The summed E-state index contributed by atoms with van der Waals surface area (Å²) in [6, 6.07) is 17.9. The van der Waals surface area contributed by atoms with Gasteiger partial charge in [-0.05, 0) is 42.0 Å². The van der Waals surface area contributed by atoms with Gasteiger partial charge in [-0.3, -0.25) is 0 Å². The number of hydrogen-bond acceptors (Lipinski definition) is 7. The lowest BCUT2D eigenvalue weighted by Crippen LogP contribution is -2.01. The topological polar surface area (TPSA) is 98.6 Å². The third-order valence-electron chi connectivity index (χ3n) is 4.83. The average molecular weight is 400 g/mol. The number of fused-ring (bicyclic) bond motifs is 2. The molecule has 30 heavy (non-hydrogen) atoms. The summed E-state index contributed by atoms with van der Waals surface area (Å²) in [7, 11) is 1.33. The van der Waals surface area contributed by atoms with Gasteiger partial charge in [0.25, 0.3) is 0 Å². The van der Waals surface area contributed by atoms with Gasteiger partial charge in [0.05, 0.1) is 24.8 Å². The molecule has 148 valence electrons. The molecule has 2 aromatic heterocycles. The van der Waals surface area contributed by atoms with Gasteiger partial charge in [-0.25, -0.2) is 14.8 Å². The molecule has 0 aliphatic carbocycles. The van der Waals surface area contributed by atoms with E-state index in [1.165, 1.54) is 7.11 Å². The molecule has 1 N–H and O–H groups in total. The number of hydrogen-bond donors (Lipinski definition) is 1. The monoisotopic (exact) mass is 400 g/mol. The Hall–Kier alpha value is -3.97. The molecule has 7 heteroatoms. The van der Waals surface area contributed by atoms with E-state index in [2.05, 4.69) is 9.97 Å². The first-order chi connectivity index (χ1) is 14.7. The fraction of sp³-hybridized carbons (Fsp3) is 0.0870. The molecule has 0 fully saturated rings. The maximum absolute atomic E-state index is 12.0. The van der Waals surface area contributed by atoms with Crippen LogP contribution in [-0.4, -0.2) is 28.2 Å². The molecule has 3 aromatic carbocycles. The molecule has 0 spiro atoms. The molecule has 0 saturated heterocycles. The van der Waals surface area contributed by atoms with Crippen molar-refractivity contribution in [2.45, 2.75) is 6.61 Å². The summed E-state index contributed by atoms with van der Waals surface area (Å²) >= 11 is 0. The average Bonchev–Trinajstić information content (AvgIpc) is 3.42. The number of esters is 1. The van der Waals surface area contributed by atoms with E-state index < -0.39 is 5.97 Å². The largest absolute Gasteiger partial charge is 0.465 e. The van der Waals surface area contributed by atoms with Gasteiger partial charge in [-0.1, -0.05) is 24.3 Å². The first kappa shape index (κ1) is 18.1. The van der Waals surface area contributed by atoms with Gasteiger partial charge in [0.1, 0.15) is 11.0 Å². The number of aromatic nitrogens is 2. The Kier molecular flexibility index (Phi) is 4.30. The van der Waals surface area contributed by atoms with Crippen molar-refractivity contribution >= 4 is 28.2 Å². The predicted molar refractivity (Wildman–Crippen MR) is 110 cm³/mol. The van der Waals surface area contributed by atoms with Gasteiger partial charge in [-0.15, -0.1) is 0 Å². The van der Waals surface area contributed by atoms with Crippen LogP contribution in [-0.2, 0) is 11.3 Å². The number of para-hydroxylation sites is 2. The number of benzene rings is 3. The summed E-state index contributed by atoms with van der Waals surface area (Å²) in [5.74, 6) is 0.279. The number of nitrogens with zero attached hydrogens (tertiary/aromatic N) is 2. The molecule has 5 rings (SSSR count). The summed E-state index contributed by atoms with van der Waals surface area (Å²) < 4.78 is 16.7. The number of oxazole rings is 2. The number of ether oxygens (including phenoxy) is 1. The third-order valence-corrected chi connectivity index (χ3v) is 4.83. The van der Waals surface area contributed by atoms with Gasteiger partial charge < -0.3 is 18.7 Å². The lowest BCUT2D eigenvalue weighted by Gasteiger charge is -1.98. The Morgan fingerprint density at radius 1 is 0.933 bits per heavy atom. The van der Waals surface area contributed by atoms with Crippen molar-refractivity contribution in [2.75, 3.05) is 7.11 Å². The second-order valence-corrected chi connectivity index (χ2v) is 6.69. The van der Waals surface area contributed by atoms with E-state index in [0.29, 0.717) is 45.1 Å². The molecule has 0 aliphatic heterocycles. The van der Waals surface area contributed by atoms with Gasteiger partial charge in [0.15, 0.2) is 11.2 Å². The van der Waals surface area contributed by atoms with E-state index >= 15 is 0 Å². The molecule has 0 radical (unpaired) electrons. The van der Waals surface area contributed by atoms with Crippen molar-refractivity contribution in [3.8, 4) is 22.9 Å². The Balaban J connectivity index is 1.66. The zero-order valence-corrected chi connectivity index (χ0v) is 16.0. The Morgan fingerprint density at radius 3 is 2.43 bits per heavy atom. The minimum Gasteiger partial charge on any atom is -0.465 e. The summed E-state index contributed by atoms with van der Waals surface area (Å²) in [4.78, 5) is 21.2. The SMILES string of the molecule is COC(=O)c1cccc2oc(-c3cccc4oc(-c5cccc(CO)c5)nc34)nc12. The molecule has 7 nitrogen and oxygen atoms in total. The second kappa shape index (κ2) is 7.13. The molecule has 0 unspecified atom stereocenters. The fourth-order valence-electron chi connectivity index (χ4n) is 3.39. The number of aliphatic hydroxyl groups is 1. The van der Waals surface area contributed by atoms with Crippen LogP contribution >= 0.6 is 0 Å². The van der Waals surface area contributed by atoms with Crippen LogP contribution in [0.25, 0.3) is 45.1 Å². The Morgan fingerprint density at radius 2 is 1.63 bits per heavy atom. The van der Waals surface area contributed by atoms with E-state index in [1.54, 1.807) is 18.2 Å². The van der Waals surface area contributed by atoms with Crippen LogP contribution in [0.2, 0.25) is 0 Å². The number of carbonyl (C=O) groups excluding carboxylic acids is 1. The van der Waals surface area contributed by atoms with E-state index in [4.69, 9.17) is 13.6 Å². The number of methoxy groups -OCH3 is 1. The molecule has 0 bridgehead atoms. The van der Waals surface area contributed by atoms with Crippen molar-refractivity contribution in [3.05, 3.63) is 71.8 Å². The van der Waals surface area contributed by atoms with Crippen LogP contribution in [0.4, 0.5) is 0 Å². The van der Waals surface area contributed by atoms with Gasteiger partial charge in [-0.2, -0.15) is 0 Å². The quantitative estimate of drug-likeness (QED) is 0.441. The first-order valence-electron chi connectivity index (χ1n) is 9.26. The second-order valence-electron chi connectivity index (χ2n) is 6.69. The molecule has 0 atom stereocenters. The summed E-state index contributed by atoms with van der Waals surface area (Å²) in [5, 5.41) is 9.39. The van der Waals surface area contributed by atoms with Crippen molar-refractivity contribution in [1.82, 2.24) is 9.97 Å². The highest BCUT2D eigenvalue weighted by atomic mass is 16.5. The maximum atomic E-state index is 12.0.